The summed E-state index contributed by atoms with van der Waals surface area (Å²) in [5, 5.41) is 9.08. The Morgan fingerprint density at radius 2 is 1.79 bits per heavy atom. The largest absolute Gasteiger partial charge is 0.493 e. The highest BCUT2D eigenvalue weighted by atomic mass is 16.5. The molecule has 0 saturated carbocycles. The second-order valence-corrected chi connectivity index (χ2v) is 7.13. The first kappa shape index (κ1) is 20.7. The molecule has 154 valence electrons. The summed E-state index contributed by atoms with van der Waals surface area (Å²) in [7, 11) is 1.55. The summed E-state index contributed by atoms with van der Waals surface area (Å²) in [6.07, 6.45) is 1.65. The predicted molar refractivity (Wildman–Crippen MR) is 112 cm³/mol. The Kier molecular flexibility index (Phi) is 7.08. The van der Waals surface area contributed by atoms with Crippen LogP contribution in [0, 0.1) is 5.92 Å². The van der Waals surface area contributed by atoms with Crippen molar-refractivity contribution in [3.63, 3.8) is 0 Å². The Morgan fingerprint density at radius 1 is 1.07 bits per heavy atom. The minimum Gasteiger partial charge on any atom is -0.493 e. The lowest BCUT2D eigenvalue weighted by atomic mass is 9.92. The van der Waals surface area contributed by atoms with E-state index in [-0.39, 0.29) is 24.3 Å². The number of amides is 2. The molecule has 0 unspecified atom stereocenters. The third kappa shape index (κ3) is 5.96. The maximum absolute atomic E-state index is 12.5. The summed E-state index contributed by atoms with van der Waals surface area (Å²) < 4.78 is 10.7. The lowest BCUT2D eigenvalue weighted by Gasteiger charge is -2.27. The Hall–Kier alpha value is -3.06. The zero-order valence-corrected chi connectivity index (χ0v) is 16.7. The van der Waals surface area contributed by atoms with Crippen LogP contribution in [0.3, 0.4) is 0 Å². The first-order valence-electron chi connectivity index (χ1n) is 9.75. The van der Waals surface area contributed by atoms with Crippen LogP contribution < -0.4 is 25.4 Å². The first-order chi connectivity index (χ1) is 14.0. The van der Waals surface area contributed by atoms with Crippen molar-refractivity contribution in [1.82, 2.24) is 5.32 Å². The second kappa shape index (κ2) is 9.93. The van der Waals surface area contributed by atoms with E-state index < -0.39 is 0 Å². The lowest BCUT2D eigenvalue weighted by Crippen LogP contribution is -2.40. The summed E-state index contributed by atoms with van der Waals surface area (Å²) in [6.45, 7) is 2.79. The van der Waals surface area contributed by atoms with E-state index in [1.807, 2.05) is 18.2 Å². The van der Waals surface area contributed by atoms with Gasteiger partial charge in [-0.2, -0.15) is 0 Å². The van der Waals surface area contributed by atoms with Crippen LogP contribution in [0.2, 0.25) is 0 Å². The van der Waals surface area contributed by atoms with Crippen molar-refractivity contribution < 1.29 is 19.1 Å². The highest BCUT2D eigenvalue weighted by molar-refractivity contribution is 5.95. The molecule has 2 aromatic carbocycles. The number of rotatable bonds is 7. The average Bonchev–Trinajstić information content (AvgIpc) is 2.72. The number of hydrogen-bond acceptors (Lipinski definition) is 5. The number of anilines is 2. The van der Waals surface area contributed by atoms with Gasteiger partial charge in [0.15, 0.2) is 18.1 Å². The molecule has 0 aromatic heterocycles. The van der Waals surface area contributed by atoms with E-state index in [0.29, 0.717) is 28.9 Å². The number of para-hydroxylation sites is 2. The molecule has 3 N–H and O–H groups in total. The Morgan fingerprint density at radius 3 is 2.52 bits per heavy atom. The summed E-state index contributed by atoms with van der Waals surface area (Å²) in [5.41, 5.74) is 1.25. The van der Waals surface area contributed by atoms with Crippen molar-refractivity contribution in [1.29, 1.82) is 0 Å². The van der Waals surface area contributed by atoms with E-state index in [1.54, 1.807) is 37.4 Å². The zero-order chi connectivity index (χ0) is 20.6. The van der Waals surface area contributed by atoms with Gasteiger partial charge < -0.3 is 25.4 Å². The minimum absolute atomic E-state index is 0.00116. The molecule has 2 atom stereocenters. The monoisotopic (exact) mass is 397 g/mol. The molecular formula is C22H27N3O4. The van der Waals surface area contributed by atoms with Crippen LogP contribution in [0.15, 0.2) is 48.5 Å². The molecule has 1 aliphatic rings. The molecule has 2 aromatic rings. The smallest absolute Gasteiger partial charge is 0.262 e. The molecule has 0 radical (unpaired) electrons. The Bertz CT molecular complexity index is 855. The standard InChI is InChI=1S/C22H27N3O4/c1-15-12-16(10-11-23-15)22(27)25-18-7-5-6-17(13-18)24-21(26)14-29-20-9-4-3-8-19(20)28-2/h3-9,13,15-16,23H,10-12,14H2,1-2H3,(H,24,26)(H,25,27)/t15-,16-/m0/s1. The zero-order valence-electron chi connectivity index (χ0n) is 16.7. The summed E-state index contributed by atoms with van der Waals surface area (Å²) in [4.78, 5) is 24.7. The molecule has 7 nitrogen and oxygen atoms in total. The lowest BCUT2D eigenvalue weighted by molar-refractivity contribution is -0.121. The molecule has 1 fully saturated rings. The topological polar surface area (TPSA) is 88.7 Å². The molecule has 0 spiro atoms. The number of methoxy groups -OCH3 is 1. The SMILES string of the molecule is COc1ccccc1OCC(=O)Nc1cccc(NC(=O)[C@H]2CCN[C@@H](C)C2)c1. The highest BCUT2D eigenvalue weighted by Crippen LogP contribution is 2.26. The van der Waals surface area contributed by atoms with Crippen LogP contribution in [0.1, 0.15) is 19.8 Å². The quantitative estimate of drug-likeness (QED) is 0.668. The van der Waals surface area contributed by atoms with Gasteiger partial charge in [0.25, 0.3) is 5.91 Å². The molecule has 0 bridgehead atoms. The van der Waals surface area contributed by atoms with Gasteiger partial charge in [-0.1, -0.05) is 18.2 Å². The number of nitrogens with one attached hydrogen (secondary N) is 3. The van der Waals surface area contributed by atoms with E-state index >= 15 is 0 Å². The van der Waals surface area contributed by atoms with Crippen LogP contribution in [0.5, 0.6) is 11.5 Å². The van der Waals surface area contributed by atoms with Crippen LogP contribution in [-0.2, 0) is 9.59 Å². The van der Waals surface area contributed by atoms with Gasteiger partial charge in [0.1, 0.15) is 0 Å². The molecule has 1 heterocycles. The third-order valence-electron chi connectivity index (χ3n) is 4.84. The van der Waals surface area contributed by atoms with Crippen molar-refractivity contribution in [3.05, 3.63) is 48.5 Å². The fourth-order valence-corrected chi connectivity index (χ4v) is 3.37. The highest BCUT2D eigenvalue weighted by Gasteiger charge is 2.24. The normalized spacial score (nSPS) is 18.6. The molecule has 0 aliphatic carbocycles. The molecule has 2 amide bonds. The van der Waals surface area contributed by atoms with Gasteiger partial charge in [-0.05, 0) is 56.6 Å². The Balaban J connectivity index is 1.53. The van der Waals surface area contributed by atoms with Gasteiger partial charge in [-0.15, -0.1) is 0 Å². The van der Waals surface area contributed by atoms with Crippen LogP contribution in [0.25, 0.3) is 0 Å². The maximum atomic E-state index is 12.5. The number of piperidine rings is 1. The van der Waals surface area contributed by atoms with Crippen molar-refractivity contribution in [3.8, 4) is 11.5 Å². The van der Waals surface area contributed by atoms with Crippen LogP contribution in [-0.4, -0.2) is 38.1 Å². The van der Waals surface area contributed by atoms with E-state index in [9.17, 15) is 9.59 Å². The minimum atomic E-state index is -0.299. The van der Waals surface area contributed by atoms with Crippen LogP contribution in [0.4, 0.5) is 11.4 Å². The molecule has 1 saturated heterocycles. The van der Waals surface area contributed by atoms with Crippen molar-refractivity contribution in [2.45, 2.75) is 25.8 Å². The fourth-order valence-electron chi connectivity index (χ4n) is 3.37. The summed E-state index contributed by atoms with van der Waals surface area (Å²) in [6, 6.07) is 14.6. The van der Waals surface area contributed by atoms with E-state index in [1.165, 1.54) is 0 Å². The molecule has 1 aliphatic heterocycles. The van der Waals surface area contributed by atoms with Gasteiger partial charge in [-0.25, -0.2) is 0 Å². The van der Waals surface area contributed by atoms with Gasteiger partial charge >= 0.3 is 0 Å². The first-order valence-corrected chi connectivity index (χ1v) is 9.75. The van der Waals surface area contributed by atoms with Gasteiger partial charge in [-0.3, -0.25) is 9.59 Å². The van der Waals surface area contributed by atoms with Crippen molar-refractivity contribution >= 4 is 23.2 Å². The molecule has 29 heavy (non-hydrogen) atoms. The maximum Gasteiger partial charge on any atom is 0.262 e. The van der Waals surface area contributed by atoms with Crippen molar-refractivity contribution in [2.75, 3.05) is 30.9 Å². The number of ether oxygens (including phenoxy) is 2. The fraction of sp³-hybridized carbons (Fsp3) is 0.364. The number of carbonyl (C=O) groups excluding carboxylic acids is 2. The predicted octanol–water partition coefficient (Wildman–Crippen LogP) is 3.04. The number of carbonyl (C=O) groups is 2. The average molecular weight is 397 g/mol. The van der Waals surface area contributed by atoms with Crippen LogP contribution >= 0.6 is 0 Å². The summed E-state index contributed by atoms with van der Waals surface area (Å²) in [5.74, 6) is 0.784. The second-order valence-electron chi connectivity index (χ2n) is 7.13. The van der Waals surface area contributed by atoms with Gasteiger partial charge in [0.2, 0.25) is 5.91 Å². The third-order valence-corrected chi connectivity index (χ3v) is 4.84. The number of benzene rings is 2. The van der Waals surface area contributed by atoms with E-state index in [2.05, 4.69) is 22.9 Å². The Labute approximate surface area is 170 Å². The molecule has 7 heteroatoms. The molecule has 3 rings (SSSR count). The summed E-state index contributed by atoms with van der Waals surface area (Å²) >= 11 is 0. The molecular weight excluding hydrogens is 370 g/mol. The van der Waals surface area contributed by atoms with E-state index in [0.717, 1.165) is 19.4 Å². The number of hydrogen-bond donors (Lipinski definition) is 3. The van der Waals surface area contributed by atoms with Crippen molar-refractivity contribution in [2.24, 2.45) is 5.92 Å². The van der Waals surface area contributed by atoms with Gasteiger partial charge in [0.05, 0.1) is 7.11 Å². The van der Waals surface area contributed by atoms with E-state index in [4.69, 9.17) is 9.47 Å². The van der Waals surface area contributed by atoms with Gasteiger partial charge in [0, 0.05) is 23.3 Å².